The third kappa shape index (κ3) is 1.20. The average Bonchev–Trinajstić information content (AvgIpc) is 2.30. The molecule has 0 amide bonds. The summed E-state index contributed by atoms with van der Waals surface area (Å²) in [5, 5.41) is 11.9. The van der Waals surface area contributed by atoms with E-state index in [2.05, 4.69) is 42.5 Å². The zero-order valence-electron chi connectivity index (χ0n) is 8.40. The molecule has 1 N–H and O–H groups in total. The molecule has 0 saturated heterocycles. The van der Waals surface area contributed by atoms with Crippen LogP contribution in [-0.2, 0) is 6.42 Å². The SMILES string of the molecule is OCC1=CCc2cccc3cccc1c23. The van der Waals surface area contributed by atoms with Gasteiger partial charge in [-0.25, -0.2) is 0 Å². The van der Waals surface area contributed by atoms with E-state index in [0.717, 1.165) is 12.0 Å². The quantitative estimate of drug-likeness (QED) is 0.743. The first kappa shape index (κ1) is 8.69. The topological polar surface area (TPSA) is 20.2 Å². The van der Waals surface area contributed by atoms with Gasteiger partial charge in [0.25, 0.3) is 0 Å². The van der Waals surface area contributed by atoms with E-state index in [9.17, 15) is 5.11 Å². The lowest BCUT2D eigenvalue weighted by atomic mass is 9.88. The molecule has 1 heteroatoms. The number of aliphatic hydroxyl groups is 1. The predicted octanol–water partition coefficient (Wildman–Crippen LogP) is 2.77. The van der Waals surface area contributed by atoms with Crippen molar-refractivity contribution < 1.29 is 5.11 Å². The van der Waals surface area contributed by atoms with Gasteiger partial charge in [0.2, 0.25) is 0 Å². The Morgan fingerprint density at radius 2 is 1.87 bits per heavy atom. The lowest BCUT2D eigenvalue weighted by Crippen LogP contribution is -2.00. The Hall–Kier alpha value is -1.60. The molecule has 0 atom stereocenters. The van der Waals surface area contributed by atoms with Gasteiger partial charge in [0.05, 0.1) is 6.61 Å². The van der Waals surface area contributed by atoms with E-state index in [1.165, 1.54) is 21.9 Å². The van der Waals surface area contributed by atoms with Crippen molar-refractivity contribution in [3.05, 3.63) is 53.6 Å². The summed E-state index contributed by atoms with van der Waals surface area (Å²) >= 11 is 0. The van der Waals surface area contributed by atoms with Crippen LogP contribution in [0.25, 0.3) is 16.3 Å². The minimum Gasteiger partial charge on any atom is -0.392 e. The minimum absolute atomic E-state index is 0.132. The Balaban J connectivity index is 2.42. The van der Waals surface area contributed by atoms with Crippen molar-refractivity contribution >= 4 is 16.3 Å². The Morgan fingerprint density at radius 1 is 1.07 bits per heavy atom. The van der Waals surface area contributed by atoms with E-state index in [0.29, 0.717) is 0 Å². The molecule has 0 saturated carbocycles. The zero-order chi connectivity index (χ0) is 10.3. The van der Waals surface area contributed by atoms with Gasteiger partial charge in [0.15, 0.2) is 0 Å². The molecule has 0 fully saturated rings. The van der Waals surface area contributed by atoms with E-state index in [-0.39, 0.29) is 6.61 Å². The molecule has 0 radical (unpaired) electrons. The second kappa shape index (κ2) is 3.21. The van der Waals surface area contributed by atoms with Crippen LogP contribution in [0, 0.1) is 0 Å². The van der Waals surface area contributed by atoms with E-state index in [1.807, 2.05) is 0 Å². The highest BCUT2D eigenvalue weighted by molar-refractivity contribution is 5.98. The Labute approximate surface area is 88.7 Å². The van der Waals surface area contributed by atoms with Gasteiger partial charge < -0.3 is 5.11 Å². The molecule has 0 bridgehead atoms. The van der Waals surface area contributed by atoms with Crippen molar-refractivity contribution in [3.63, 3.8) is 0 Å². The summed E-state index contributed by atoms with van der Waals surface area (Å²) in [4.78, 5) is 0. The van der Waals surface area contributed by atoms with Crippen molar-refractivity contribution in [2.45, 2.75) is 6.42 Å². The number of hydrogen-bond acceptors (Lipinski definition) is 1. The van der Waals surface area contributed by atoms with Gasteiger partial charge in [-0.3, -0.25) is 0 Å². The molecule has 15 heavy (non-hydrogen) atoms. The maximum atomic E-state index is 9.30. The summed E-state index contributed by atoms with van der Waals surface area (Å²) in [6, 6.07) is 12.7. The molecule has 1 aliphatic rings. The van der Waals surface area contributed by atoms with E-state index in [4.69, 9.17) is 0 Å². The fraction of sp³-hybridized carbons (Fsp3) is 0.143. The second-order valence-corrected chi connectivity index (χ2v) is 3.91. The third-order valence-corrected chi connectivity index (χ3v) is 3.08. The molecule has 2 aromatic carbocycles. The standard InChI is InChI=1S/C14H12O/c15-9-12-8-7-11-4-1-3-10-5-2-6-13(12)14(10)11/h1-6,8,15H,7,9H2. The van der Waals surface area contributed by atoms with Gasteiger partial charge in [0, 0.05) is 0 Å². The first-order chi connectivity index (χ1) is 7.40. The van der Waals surface area contributed by atoms with E-state index in [1.54, 1.807) is 0 Å². The molecule has 0 aromatic heterocycles. The molecule has 0 heterocycles. The molecule has 2 aromatic rings. The second-order valence-electron chi connectivity index (χ2n) is 3.91. The van der Waals surface area contributed by atoms with Crippen molar-refractivity contribution in [2.24, 2.45) is 0 Å². The number of rotatable bonds is 1. The van der Waals surface area contributed by atoms with Crippen LogP contribution in [0.1, 0.15) is 11.1 Å². The maximum absolute atomic E-state index is 9.30. The number of benzene rings is 2. The monoisotopic (exact) mass is 196 g/mol. The summed E-state index contributed by atoms with van der Waals surface area (Å²) in [6.07, 6.45) is 3.06. The Kier molecular flexibility index (Phi) is 1.86. The van der Waals surface area contributed by atoms with Gasteiger partial charge in [-0.05, 0) is 33.9 Å². The molecule has 0 spiro atoms. The molecular weight excluding hydrogens is 184 g/mol. The van der Waals surface area contributed by atoms with Crippen LogP contribution in [0.15, 0.2) is 42.5 Å². The van der Waals surface area contributed by atoms with E-state index < -0.39 is 0 Å². The molecular formula is C14H12O. The van der Waals surface area contributed by atoms with Crippen LogP contribution in [-0.4, -0.2) is 11.7 Å². The maximum Gasteiger partial charge on any atom is 0.0684 e. The lowest BCUT2D eigenvalue weighted by Gasteiger charge is -2.17. The van der Waals surface area contributed by atoms with Gasteiger partial charge in [-0.15, -0.1) is 0 Å². The minimum atomic E-state index is 0.132. The number of allylic oxidation sites excluding steroid dienone is 1. The summed E-state index contributed by atoms with van der Waals surface area (Å²) in [6.45, 7) is 0.132. The van der Waals surface area contributed by atoms with Crippen LogP contribution in [0.2, 0.25) is 0 Å². The predicted molar refractivity (Wildman–Crippen MR) is 62.7 cm³/mol. The Morgan fingerprint density at radius 3 is 2.67 bits per heavy atom. The molecule has 1 aliphatic carbocycles. The average molecular weight is 196 g/mol. The van der Waals surface area contributed by atoms with Gasteiger partial charge in [-0.1, -0.05) is 42.5 Å². The van der Waals surface area contributed by atoms with Gasteiger partial charge in [-0.2, -0.15) is 0 Å². The largest absolute Gasteiger partial charge is 0.392 e. The summed E-state index contributed by atoms with van der Waals surface area (Å²) in [7, 11) is 0. The summed E-state index contributed by atoms with van der Waals surface area (Å²) in [5.74, 6) is 0. The van der Waals surface area contributed by atoms with Gasteiger partial charge in [0.1, 0.15) is 0 Å². The van der Waals surface area contributed by atoms with Crippen molar-refractivity contribution in [1.29, 1.82) is 0 Å². The first-order valence-corrected chi connectivity index (χ1v) is 5.21. The summed E-state index contributed by atoms with van der Waals surface area (Å²) < 4.78 is 0. The highest BCUT2D eigenvalue weighted by atomic mass is 16.3. The zero-order valence-corrected chi connectivity index (χ0v) is 8.40. The normalized spacial score (nSPS) is 14.1. The summed E-state index contributed by atoms with van der Waals surface area (Å²) in [5.41, 5.74) is 3.61. The molecule has 0 aliphatic heterocycles. The highest BCUT2D eigenvalue weighted by Gasteiger charge is 2.12. The van der Waals surface area contributed by atoms with E-state index >= 15 is 0 Å². The van der Waals surface area contributed by atoms with Crippen LogP contribution >= 0.6 is 0 Å². The smallest absolute Gasteiger partial charge is 0.0684 e. The van der Waals surface area contributed by atoms with Crippen molar-refractivity contribution in [2.75, 3.05) is 6.61 Å². The number of aliphatic hydroxyl groups excluding tert-OH is 1. The first-order valence-electron chi connectivity index (χ1n) is 5.21. The fourth-order valence-electron chi connectivity index (χ4n) is 2.35. The molecule has 0 unspecified atom stereocenters. The highest BCUT2D eigenvalue weighted by Crippen LogP contribution is 2.32. The third-order valence-electron chi connectivity index (χ3n) is 3.08. The molecule has 3 rings (SSSR count). The number of hydrogen-bond donors (Lipinski definition) is 1. The Bertz CT molecular complexity index is 547. The van der Waals surface area contributed by atoms with Crippen LogP contribution in [0.5, 0.6) is 0 Å². The van der Waals surface area contributed by atoms with Crippen molar-refractivity contribution in [1.82, 2.24) is 0 Å². The van der Waals surface area contributed by atoms with Crippen LogP contribution in [0.4, 0.5) is 0 Å². The van der Waals surface area contributed by atoms with Crippen LogP contribution < -0.4 is 0 Å². The molecule has 1 nitrogen and oxygen atoms in total. The van der Waals surface area contributed by atoms with Crippen molar-refractivity contribution in [3.8, 4) is 0 Å². The van der Waals surface area contributed by atoms with Gasteiger partial charge >= 0.3 is 0 Å². The molecule has 74 valence electrons. The fourth-order valence-corrected chi connectivity index (χ4v) is 2.35. The lowest BCUT2D eigenvalue weighted by molar-refractivity contribution is 0.350. The van der Waals surface area contributed by atoms with Crippen LogP contribution in [0.3, 0.4) is 0 Å².